The first-order valence-corrected chi connectivity index (χ1v) is 6.49. The van der Waals surface area contributed by atoms with Gasteiger partial charge in [0.05, 0.1) is 5.60 Å². The molecule has 0 saturated heterocycles. The number of hydrogen-bond acceptors (Lipinski definition) is 3. The van der Waals surface area contributed by atoms with Crippen molar-refractivity contribution in [3.05, 3.63) is 29.3 Å². The molecule has 5 heteroatoms. The van der Waals surface area contributed by atoms with Crippen LogP contribution in [0.15, 0.2) is 24.3 Å². The molecule has 1 aromatic carbocycles. The Balaban J connectivity index is 2.80. The van der Waals surface area contributed by atoms with Crippen molar-refractivity contribution in [2.24, 2.45) is 0 Å². The molecule has 0 aliphatic carbocycles. The molecule has 1 aromatic rings. The van der Waals surface area contributed by atoms with E-state index in [-0.39, 0.29) is 12.1 Å². The van der Waals surface area contributed by atoms with E-state index in [0.717, 1.165) is 12.1 Å². The highest BCUT2D eigenvalue weighted by Gasteiger charge is 2.19. The van der Waals surface area contributed by atoms with Gasteiger partial charge in [-0.2, -0.15) is 0 Å². The first kappa shape index (κ1) is 15.8. The van der Waals surface area contributed by atoms with Gasteiger partial charge in [0.25, 0.3) is 0 Å². The molecule has 0 unspecified atom stereocenters. The van der Waals surface area contributed by atoms with Crippen molar-refractivity contribution < 1.29 is 14.6 Å². The minimum atomic E-state index is -0.866. The standard InChI is InChI=1S/C14H20ClNO3/c1-14(2,19-3)7-8-16(10-13(17)18)12-6-4-5-11(15)9-12/h4-6,9H,7-8,10H2,1-3H3,(H,17,18). The van der Waals surface area contributed by atoms with Gasteiger partial charge in [-0.1, -0.05) is 17.7 Å². The molecule has 1 rings (SSSR count). The van der Waals surface area contributed by atoms with E-state index in [9.17, 15) is 4.79 Å². The number of methoxy groups -OCH3 is 1. The lowest BCUT2D eigenvalue weighted by molar-refractivity contribution is -0.135. The van der Waals surface area contributed by atoms with Gasteiger partial charge in [0, 0.05) is 24.4 Å². The summed E-state index contributed by atoms with van der Waals surface area (Å²) in [4.78, 5) is 12.7. The lowest BCUT2D eigenvalue weighted by Crippen LogP contribution is -2.35. The number of anilines is 1. The van der Waals surface area contributed by atoms with E-state index in [1.165, 1.54) is 0 Å². The van der Waals surface area contributed by atoms with Crippen molar-refractivity contribution in [3.8, 4) is 0 Å². The fourth-order valence-electron chi connectivity index (χ4n) is 1.64. The quantitative estimate of drug-likeness (QED) is 0.836. The van der Waals surface area contributed by atoms with E-state index < -0.39 is 5.97 Å². The van der Waals surface area contributed by atoms with Gasteiger partial charge in [-0.25, -0.2) is 0 Å². The Bertz CT molecular complexity index is 434. The number of carbonyl (C=O) groups is 1. The molecule has 0 atom stereocenters. The summed E-state index contributed by atoms with van der Waals surface area (Å²) in [6.07, 6.45) is 0.725. The third kappa shape index (κ3) is 5.49. The van der Waals surface area contributed by atoms with Gasteiger partial charge in [0.2, 0.25) is 0 Å². The summed E-state index contributed by atoms with van der Waals surface area (Å²) in [6.45, 7) is 4.49. The summed E-state index contributed by atoms with van der Waals surface area (Å²) in [7, 11) is 1.65. The number of halogens is 1. The highest BCUT2D eigenvalue weighted by molar-refractivity contribution is 6.30. The van der Waals surface area contributed by atoms with Crippen molar-refractivity contribution in [1.29, 1.82) is 0 Å². The molecule has 19 heavy (non-hydrogen) atoms. The minimum absolute atomic E-state index is 0.0554. The Hall–Kier alpha value is -1.26. The molecule has 0 saturated carbocycles. The molecule has 0 aliphatic heterocycles. The molecule has 106 valence electrons. The molecule has 0 amide bonds. The molecule has 0 bridgehead atoms. The van der Waals surface area contributed by atoms with Gasteiger partial charge in [-0.3, -0.25) is 4.79 Å². The Morgan fingerprint density at radius 1 is 1.47 bits per heavy atom. The molecular weight excluding hydrogens is 266 g/mol. The molecule has 1 N–H and O–H groups in total. The third-order valence-electron chi connectivity index (χ3n) is 3.04. The van der Waals surface area contributed by atoms with Gasteiger partial charge in [-0.05, 0) is 38.5 Å². The maximum Gasteiger partial charge on any atom is 0.323 e. The third-order valence-corrected chi connectivity index (χ3v) is 3.27. The molecule has 0 heterocycles. The van der Waals surface area contributed by atoms with Crippen LogP contribution >= 0.6 is 11.6 Å². The summed E-state index contributed by atoms with van der Waals surface area (Å²) in [6, 6.07) is 7.20. The summed E-state index contributed by atoms with van der Waals surface area (Å²) in [5.41, 5.74) is 0.525. The normalized spacial score (nSPS) is 11.4. The zero-order chi connectivity index (χ0) is 14.5. The van der Waals surface area contributed by atoms with Crippen LogP contribution in [0.3, 0.4) is 0 Å². The number of hydrogen-bond donors (Lipinski definition) is 1. The zero-order valence-corrected chi connectivity index (χ0v) is 12.3. The van der Waals surface area contributed by atoms with Gasteiger partial charge < -0.3 is 14.7 Å². The molecule has 4 nitrogen and oxygen atoms in total. The van der Waals surface area contributed by atoms with Crippen LogP contribution in [0.5, 0.6) is 0 Å². The minimum Gasteiger partial charge on any atom is -0.480 e. The first-order valence-electron chi connectivity index (χ1n) is 6.11. The SMILES string of the molecule is COC(C)(C)CCN(CC(=O)O)c1cccc(Cl)c1. The van der Waals surface area contributed by atoms with E-state index >= 15 is 0 Å². The molecule has 0 aromatic heterocycles. The van der Waals surface area contributed by atoms with Crippen molar-refractivity contribution in [3.63, 3.8) is 0 Å². The van der Waals surface area contributed by atoms with E-state index in [4.69, 9.17) is 21.4 Å². The predicted molar refractivity (Wildman–Crippen MR) is 77.0 cm³/mol. The van der Waals surface area contributed by atoms with Crippen LogP contribution < -0.4 is 4.90 Å². The highest BCUT2D eigenvalue weighted by Crippen LogP contribution is 2.21. The van der Waals surface area contributed by atoms with Crippen molar-refractivity contribution in [1.82, 2.24) is 0 Å². The maximum atomic E-state index is 11.0. The van der Waals surface area contributed by atoms with E-state index in [1.54, 1.807) is 24.1 Å². The Morgan fingerprint density at radius 2 is 2.16 bits per heavy atom. The monoisotopic (exact) mass is 285 g/mol. The second-order valence-corrected chi connectivity index (χ2v) is 5.45. The van der Waals surface area contributed by atoms with Crippen LogP contribution in [-0.4, -0.2) is 36.9 Å². The molecule has 0 spiro atoms. The average molecular weight is 286 g/mol. The van der Waals surface area contributed by atoms with Crippen LogP contribution in [0.1, 0.15) is 20.3 Å². The largest absolute Gasteiger partial charge is 0.480 e. The van der Waals surface area contributed by atoms with E-state index in [2.05, 4.69) is 0 Å². The predicted octanol–water partition coefficient (Wildman–Crippen LogP) is 3.05. The summed E-state index contributed by atoms with van der Waals surface area (Å²) >= 11 is 5.94. The van der Waals surface area contributed by atoms with Crippen LogP contribution in [0.25, 0.3) is 0 Å². The fraction of sp³-hybridized carbons (Fsp3) is 0.500. The van der Waals surface area contributed by atoms with Crippen LogP contribution in [0.2, 0.25) is 5.02 Å². The maximum absolute atomic E-state index is 11.0. The second-order valence-electron chi connectivity index (χ2n) is 5.01. The Morgan fingerprint density at radius 3 is 2.68 bits per heavy atom. The van der Waals surface area contributed by atoms with Gasteiger partial charge in [0.1, 0.15) is 6.54 Å². The van der Waals surface area contributed by atoms with Gasteiger partial charge >= 0.3 is 5.97 Å². The second kappa shape index (κ2) is 6.78. The molecule has 0 fully saturated rings. The number of aliphatic carboxylic acids is 1. The van der Waals surface area contributed by atoms with E-state index in [0.29, 0.717) is 11.6 Å². The lowest BCUT2D eigenvalue weighted by atomic mass is 10.0. The fourth-order valence-corrected chi connectivity index (χ4v) is 1.83. The average Bonchev–Trinajstić information content (AvgIpc) is 2.34. The summed E-state index contributed by atoms with van der Waals surface area (Å²) in [5.74, 6) is -0.866. The van der Waals surface area contributed by atoms with Crippen molar-refractivity contribution in [2.45, 2.75) is 25.9 Å². The number of carboxylic acids is 1. The number of carboxylic acid groups (broad SMARTS) is 1. The summed E-state index contributed by atoms with van der Waals surface area (Å²) < 4.78 is 5.35. The highest BCUT2D eigenvalue weighted by atomic mass is 35.5. The Kier molecular flexibility index (Phi) is 5.63. The molecular formula is C14H20ClNO3. The molecule has 0 aliphatic rings. The number of ether oxygens (including phenoxy) is 1. The van der Waals surface area contributed by atoms with Crippen LogP contribution in [0.4, 0.5) is 5.69 Å². The summed E-state index contributed by atoms with van der Waals surface area (Å²) in [5, 5.41) is 9.59. The van der Waals surface area contributed by atoms with Crippen LogP contribution in [0, 0.1) is 0 Å². The smallest absolute Gasteiger partial charge is 0.323 e. The molecule has 0 radical (unpaired) electrons. The van der Waals surface area contributed by atoms with Crippen molar-refractivity contribution >= 4 is 23.3 Å². The lowest BCUT2D eigenvalue weighted by Gasteiger charge is -2.29. The first-order chi connectivity index (χ1) is 8.84. The van der Waals surface area contributed by atoms with Crippen molar-refractivity contribution in [2.75, 3.05) is 25.1 Å². The Labute approximate surface area is 118 Å². The van der Waals surface area contributed by atoms with Gasteiger partial charge in [0.15, 0.2) is 0 Å². The van der Waals surface area contributed by atoms with Crippen LogP contribution in [-0.2, 0) is 9.53 Å². The van der Waals surface area contributed by atoms with E-state index in [1.807, 2.05) is 26.0 Å². The number of rotatable bonds is 7. The zero-order valence-electron chi connectivity index (χ0n) is 11.5. The van der Waals surface area contributed by atoms with Gasteiger partial charge in [-0.15, -0.1) is 0 Å². The number of nitrogens with zero attached hydrogens (tertiary/aromatic N) is 1. The number of benzene rings is 1. The topological polar surface area (TPSA) is 49.8 Å².